The number of H-pyrrole nitrogens is 1. The fourth-order valence-electron chi connectivity index (χ4n) is 16.8. The zero-order valence-corrected chi connectivity index (χ0v) is 76.9. The first-order valence-electron chi connectivity index (χ1n) is 44.8. The number of aromatic nitrogens is 1. The van der Waals surface area contributed by atoms with Crippen molar-refractivity contribution >= 4 is 111 Å². The lowest BCUT2D eigenvalue weighted by atomic mass is 9.98. The van der Waals surface area contributed by atoms with Gasteiger partial charge in [0.05, 0.1) is 18.9 Å². The van der Waals surface area contributed by atoms with Crippen LogP contribution in [0.3, 0.4) is 0 Å². The maximum Gasteiger partial charge on any atom is 0.246 e. The van der Waals surface area contributed by atoms with Crippen molar-refractivity contribution in [2.45, 2.75) is 203 Å². The number of halogens is 3. The van der Waals surface area contributed by atoms with E-state index in [1.165, 1.54) is 79.5 Å². The number of amides is 15. The molecule has 13 atom stereocenters. The predicted molar refractivity (Wildman–Crippen MR) is 491 cm³/mol. The van der Waals surface area contributed by atoms with Gasteiger partial charge in [-0.15, -0.1) is 11.8 Å². The molecule has 3 fully saturated rings. The van der Waals surface area contributed by atoms with E-state index in [1.807, 2.05) is 6.92 Å². The Morgan fingerprint density at radius 2 is 0.963 bits per heavy atom. The van der Waals surface area contributed by atoms with Crippen molar-refractivity contribution in [2.75, 3.05) is 58.9 Å². The van der Waals surface area contributed by atoms with Gasteiger partial charge >= 0.3 is 0 Å². The number of nitrogens with zero attached hydrogens (tertiary/aromatic N) is 5. The highest BCUT2D eigenvalue weighted by molar-refractivity contribution is 8.00. The zero-order chi connectivity index (χ0) is 97.3. The van der Waals surface area contributed by atoms with E-state index in [9.17, 15) is 43.7 Å². The van der Waals surface area contributed by atoms with Crippen LogP contribution in [0, 0.1) is 29.3 Å². The van der Waals surface area contributed by atoms with E-state index in [0.717, 1.165) is 14.7 Å². The Morgan fingerprint density at radius 3 is 1.52 bits per heavy atom. The number of nitrogens with one attached hydrogen (secondary N) is 10. The second kappa shape index (κ2) is 48.3. The molecule has 0 saturated carbocycles. The maximum atomic E-state index is 15.8. The molecule has 3 saturated heterocycles. The summed E-state index contributed by atoms with van der Waals surface area (Å²) in [5.74, 6) is -21.7. The number of carbonyl (C=O) groups excluding carboxylic acids is 15. The van der Waals surface area contributed by atoms with Crippen LogP contribution in [0.4, 0.5) is 13.2 Å². The number of aromatic amines is 1. The second-order valence-corrected chi connectivity index (χ2v) is 35.9. The standard InChI is InChI=1S/C96H119F3N16O18S/c1-9-10-27-77-95(132)115-39-20-29-76(115)90(127)108-73(51-116)88(125)110-83(55(4)5)96(133)112(7)78(46-56-21-13-11-14-22-56)91(128)107-72(44-59-32-36-63(118)37-33-59)93(130)114-38-19-28-75(114)89(126)106-70(48-61-49-101-67-26-18-17-25-64(61)67)87(124)105-69(43-58-30-34-62(117)35-31-58)86(123)104-68(40-54(2)3)85(122)109-74(84(121)102-50-80(100)119)52-134-53-81(120)103-71(45-60-41-65(97)82(99)66(98)42-60)92(129)113(8)79(94(131)111(77)6)47-57-23-15-12-16-24-57/h11-18,21-26,30-37,41-42,49,54-55,68-79,83,101,116-118H,9-10,19-20,27-29,38-40,43-48,50-53H2,1-8H3,(H2,100,119)(H,102,121)(H,103,120)(H,104,123)(H,105,124)(H,106,126)(H,107,128)(H,108,127)(H,109,122)(H,110,125)/t68-,69+,70+,71-,72+,73+,74+,75-,76-,77+,78-,79+,83+/m1/s1. The second-order valence-electron chi connectivity index (χ2n) is 34.9. The average molecular weight is 1870 g/mol. The number of aliphatic hydroxyl groups excluding tert-OH is 1. The fourth-order valence-corrected chi connectivity index (χ4v) is 17.7. The molecule has 0 spiro atoms. The first-order valence-corrected chi connectivity index (χ1v) is 46.0. The fraction of sp³-hybridized carbons (Fsp3) is 0.448. The molecule has 6 aromatic carbocycles. The summed E-state index contributed by atoms with van der Waals surface area (Å²) >= 11 is 0.689. The van der Waals surface area contributed by atoms with E-state index in [1.54, 1.807) is 119 Å². The predicted octanol–water partition coefficient (Wildman–Crippen LogP) is 3.33. The third-order valence-electron chi connectivity index (χ3n) is 24.2. The number of hydrogen-bond donors (Lipinski definition) is 14. The van der Waals surface area contributed by atoms with Gasteiger partial charge in [0.25, 0.3) is 0 Å². The molecule has 10 rings (SSSR count). The molecule has 3 aliphatic heterocycles. The number of nitrogens with two attached hydrogens (primary N) is 1. The Labute approximate surface area is 778 Å². The van der Waals surface area contributed by atoms with Crippen molar-refractivity contribution in [2.24, 2.45) is 17.6 Å². The van der Waals surface area contributed by atoms with Crippen LogP contribution < -0.4 is 53.6 Å². The van der Waals surface area contributed by atoms with Crippen LogP contribution in [0.15, 0.2) is 152 Å². The SMILES string of the molecule is CCCC[C@H]1C(=O)N2CCC[C@@H]2C(=O)N[C@@H](CO)C(=O)N[C@@H](C(C)C)C(=O)N(C)[C@H](Cc2ccccc2)C(=O)N[C@@H](Cc2ccc(O)cc2)C(=O)N2CCC[C@@H]2C(=O)N[C@@H](Cc2c[nH]c3ccccc23)C(=O)N[C@@H](Cc2ccc(O)cc2)C(=O)N[C@H](CC(C)C)C(=O)N[C@H](C(=O)NCC(N)=O)CSCC(=O)N[C@H](Cc2cc(F)c(F)c(F)c2)C(=O)N(C)[C@@H](Cc2ccccc2)C(=O)N1C. The van der Waals surface area contributed by atoms with E-state index in [4.69, 9.17) is 5.73 Å². The molecule has 0 bridgehead atoms. The van der Waals surface area contributed by atoms with Crippen LogP contribution in [0.1, 0.15) is 119 Å². The van der Waals surface area contributed by atoms with Crippen LogP contribution in [-0.2, 0) is 110 Å². The summed E-state index contributed by atoms with van der Waals surface area (Å²) in [5.41, 5.74) is 8.09. The average Bonchev–Trinajstić information content (AvgIpc) is 1.65. The molecule has 38 heteroatoms. The summed E-state index contributed by atoms with van der Waals surface area (Å²) < 4.78 is 45.1. The lowest BCUT2D eigenvalue weighted by Crippen LogP contribution is -2.62. The van der Waals surface area contributed by atoms with Crippen LogP contribution in [-0.4, -0.2) is 271 Å². The lowest BCUT2D eigenvalue weighted by Gasteiger charge is -2.38. The number of likely N-dealkylation sites (N-methyl/N-ethyl adjacent to an activating group) is 3. The molecular formula is C96H119F3N16O18S. The molecule has 7 aromatic rings. The largest absolute Gasteiger partial charge is 0.508 e. The summed E-state index contributed by atoms with van der Waals surface area (Å²) in [6.45, 7) is 6.56. The van der Waals surface area contributed by atoms with Crippen molar-refractivity contribution in [3.05, 3.63) is 203 Å². The van der Waals surface area contributed by atoms with E-state index < -0.39 is 228 Å². The van der Waals surface area contributed by atoms with Crippen LogP contribution in [0.25, 0.3) is 10.9 Å². The number of para-hydroxylation sites is 1. The Balaban J connectivity index is 1.05. The number of benzene rings is 6. The molecular weight excluding hydrogens is 1750 g/mol. The molecule has 134 heavy (non-hydrogen) atoms. The monoisotopic (exact) mass is 1870 g/mol. The Hall–Kier alpha value is -13.4. The third-order valence-corrected chi connectivity index (χ3v) is 25.2. The normalized spacial score (nSPS) is 23.5. The molecule has 34 nitrogen and oxygen atoms in total. The van der Waals surface area contributed by atoms with E-state index >= 15 is 56.7 Å². The highest BCUT2D eigenvalue weighted by Gasteiger charge is 2.46. The number of hydrogen-bond acceptors (Lipinski definition) is 19. The van der Waals surface area contributed by atoms with Crippen LogP contribution in [0.2, 0.25) is 0 Å². The molecule has 0 radical (unpaired) electrons. The summed E-state index contributed by atoms with van der Waals surface area (Å²) in [5, 5.41) is 56.6. The summed E-state index contributed by atoms with van der Waals surface area (Å²) in [6, 6.07) is 16.3. The number of aromatic hydroxyl groups is 2. The quantitative estimate of drug-likeness (QED) is 0.0433. The number of rotatable bonds is 22. The maximum absolute atomic E-state index is 15.8. The first kappa shape index (κ1) is 103. The lowest BCUT2D eigenvalue weighted by molar-refractivity contribution is -0.152. The number of unbranched alkanes of at least 4 members (excludes halogenated alkanes) is 1. The number of fused-ring (bicyclic) bond motifs is 3. The highest BCUT2D eigenvalue weighted by atomic mass is 32.2. The molecule has 15 N–H and O–H groups in total. The topological polar surface area (TPSA) is 483 Å². The van der Waals surface area contributed by atoms with E-state index in [2.05, 4.69) is 52.8 Å². The van der Waals surface area contributed by atoms with Crippen LogP contribution in [0.5, 0.6) is 11.5 Å². The molecule has 4 heterocycles. The number of phenols is 2. The minimum absolute atomic E-state index is 0.00594. The highest BCUT2D eigenvalue weighted by Crippen LogP contribution is 2.29. The van der Waals surface area contributed by atoms with Gasteiger partial charge in [-0.2, -0.15) is 0 Å². The van der Waals surface area contributed by atoms with Gasteiger partial charge in [0.2, 0.25) is 88.6 Å². The molecule has 0 unspecified atom stereocenters. The van der Waals surface area contributed by atoms with Crippen molar-refractivity contribution in [1.29, 1.82) is 0 Å². The first-order chi connectivity index (χ1) is 63.9. The molecule has 1 aromatic heterocycles. The minimum atomic E-state index is -1.85. The smallest absolute Gasteiger partial charge is 0.246 e. The summed E-state index contributed by atoms with van der Waals surface area (Å²) in [4.78, 5) is 234. The number of primary amides is 1. The molecule has 3 aliphatic rings. The van der Waals surface area contributed by atoms with Crippen molar-refractivity contribution in [3.63, 3.8) is 0 Å². The number of thioether (sulfide) groups is 1. The Morgan fingerprint density at radius 1 is 0.493 bits per heavy atom. The van der Waals surface area contributed by atoms with Crippen molar-refractivity contribution < 1.29 is 100 Å². The Kier molecular flexibility index (Phi) is 37.0. The van der Waals surface area contributed by atoms with E-state index in [-0.39, 0.29) is 101 Å². The Bertz CT molecular complexity index is 5330. The molecule has 0 aliphatic carbocycles. The number of phenolic OH excluding ortho intramolecular Hbond substituents is 2. The van der Waals surface area contributed by atoms with Gasteiger partial charge in [-0.25, -0.2) is 13.2 Å². The van der Waals surface area contributed by atoms with Gasteiger partial charge in [0.15, 0.2) is 17.5 Å². The van der Waals surface area contributed by atoms with Gasteiger partial charge in [-0.05, 0) is 126 Å². The summed E-state index contributed by atoms with van der Waals surface area (Å²) in [7, 11) is 3.86. The molecule has 15 amide bonds. The number of aliphatic hydroxyl groups is 1. The van der Waals surface area contributed by atoms with Crippen LogP contribution >= 0.6 is 11.8 Å². The zero-order valence-electron chi connectivity index (χ0n) is 76.1. The van der Waals surface area contributed by atoms with Crippen molar-refractivity contribution in [3.8, 4) is 11.5 Å². The minimum Gasteiger partial charge on any atom is -0.508 e. The third kappa shape index (κ3) is 27.6. The molecule has 718 valence electrons. The van der Waals surface area contributed by atoms with E-state index in [0.29, 0.717) is 75.5 Å². The van der Waals surface area contributed by atoms with Gasteiger partial charge in [0, 0.05) is 95.6 Å². The van der Waals surface area contributed by atoms with Gasteiger partial charge < -0.3 is 98.4 Å². The van der Waals surface area contributed by atoms with Gasteiger partial charge in [0.1, 0.15) is 90.0 Å². The van der Waals surface area contributed by atoms with Gasteiger partial charge in [-0.3, -0.25) is 71.9 Å². The van der Waals surface area contributed by atoms with Crippen molar-refractivity contribution in [1.82, 2.24) is 77.3 Å². The number of carbonyl (C=O) groups is 15. The van der Waals surface area contributed by atoms with Gasteiger partial charge in [-0.1, -0.05) is 151 Å². The summed E-state index contributed by atoms with van der Waals surface area (Å²) in [6.07, 6.45) is 0.750.